The Morgan fingerprint density at radius 1 is 1.03 bits per heavy atom. The third-order valence-corrected chi connectivity index (χ3v) is 7.46. The predicted octanol–water partition coefficient (Wildman–Crippen LogP) is 3.98. The SMILES string of the molecule is CN(C)CCN1CCN(C2Cc3ccccc3Sc3ccc(Cl)cc32)CC1.O=C(O)/C=C\C(=O)O. The summed E-state index contributed by atoms with van der Waals surface area (Å²) in [5.41, 5.74) is 2.85. The van der Waals surface area contributed by atoms with Gasteiger partial charge < -0.3 is 15.1 Å². The van der Waals surface area contributed by atoms with Crippen LogP contribution in [0.3, 0.4) is 0 Å². The molecule has 1 fully saturated rings. The van der Waals surface area contributed by atoms with Crippen LogP contribution < -0.4 is 0 Å². The van der Waals surface area contributed by atoms with Crippen molar-refractivity contribution < 1.29 is 19.8 Å². The van der Waals surface area contributed by atoms with Crippen LogP contribution in [0, 0.1) is 0 Å². The van der Waals surface area contributed by atoms with Gasteiger partial charge in [-0.15, -0.1) is 0 Å². The maximum Gasteiger partial charge on any atom is 0.328 e. The number of benzene rings is 2. The Morgan fingerprint density at radius 3 is 2.31 bits per heavy atom. The van der Waals surface area contributed by atoms with Gasteiger partial charge in [-0.1, -0.05) is 41.6 Å². The van der Waals surface area contributed by atoms with Crippen molar-refractivity contribution in [3.8, 4) is 0 Å². The van der Waals surface area contributed by atoms with Crippen LogP contribution in [0.15, 0.2) is 64.4 Å². The lowest BCUT2D eigenvalue weighted by Gasteiger charge is -2.40. The van der Waals surface area contributed by atoms with Crippen LogP contribution in [0.2, 0.25) is 5.02 Å². The monoisotopic (exact) mass is 517 g/mol. The molecule has 0 radical (unpaired) electrons. The van der Waals surface area contributed by atoms with Crippen molar-refractivity contribution >= 4 is 35.3 Å². The van der Waals surface area contributed by atoms with Crippen LogP contribution in [0.1, 0.15) is 17.2 Å². The zero-order valence-electron chi connectivity index (χ0n) is 20.1. The van der Waals surface area contributed by atoms with Crippen molar-refractivity contribution in [3.05, 3.63) is 70.8 Å². The summed E-state index contributed by atoms with van der Waals surface area (Å²) in [6, 6.07) is 15.7. The van der Waals surface area contributed by atoms with Gasteiger partial charge in [0.25, 0.3) is 0 Å². The van der Waals surface area contributed by atoms with Gasteiger partial charge >= 0.3 is 11.9 Å². The summed E-state index contributed by atoms with van der Waals surface area (Å²) in [6.45, 7) is 6.83. The van der Waals surface area contributed by atoms with Gasteiger partial charge in [0.15, 0.2) is 0 Å². The van der Waals surface area contributed by atoms with Gasteiger partial charge in [0.2, 0.25) is 0 Å². The van der Waals surface area contributed by atoms with E-state index in [0.29, 0.717) is 18.2 Å². The lowest BCUT2D eigenvalue weighted by Crippen LogP contribution is -2.49. The molecule has 2 aliphatic heterocycles. The van der Waals surface area contributed by atoms with E-state index in [9.17, 15) is 9.59 Å². The molecule has 1 saturated heterocycles. The van der Waals surface area contributed by atoms with E-state index in [-0.39, 0.29) is 0 Å². The number of aliphatic carboxylic acids is 2. The number of nitrogens with zero attached hydrogens (tertiary/aromatic N) is 3. The lowest BCUT2D eigenvalue weighted by atomic mass is 9.96. The molecule has 2 heterocycles. The maximum atomic E-state index is 9.55. The Bertz CT molecular complexity index is 1040. The molecule has 1 unspecified atom stereocenters. The summed E-state index contributed by atoms with van der Waals surface area (Å²) >= 11 is 8.29. The van der Waals surface area contributed by atoms with Gasteiger partial charge in [0, 0.05) is 72.3 Å². The minimum atomic E-state index is -1.26. The summed E-state index contributed by atoms with van der Waals surface area (Å²) < 4.78 is 0. The van der Waals surface area contributed by atoms with Crippen LogP contribution in [0.25, 0.3) is 0 Å². The third-order valence-electron chi connectivity index (χ3n) is 6.02. The van der Waals surface area contributed by atoms with Crippen LogP contribution >= 0.6 is 23.4 Å². The molecule has 188 valence electrons. The van der Waals surface area contributed by atoms with E-state index in [1.807, 2.05) is 17.8 Å². The van der Waals surface area contributed by atoms with Gasteiger partial charge in [-0.05, 0) is 55.9 Å². The number of carbonyl (C=O) groups is 2. The first-order valence-corrected chi connectivity index (χ1v) is 12.7. The fourth-order valence-electron chi connectivity index (χ4n) is 4.19. The minimum Gasteiger partial charge on any atom is -0.478 e. The molecule has 9 heteroatoms. The van der Waals surface area contributed by atoms with Gasteiger partial charge in [-0.2, -0.15) is 0 Å². The summed E-state index contributed by atoms with van der Waals surface area (Å²) in [5, 5.41) is 16.5. The highest BCUT2D eigenvalue weighted by Crippen LogP contribution is 2.43. The molecule has 0 aromatic heterocycles. The Hall–Kier alpha value is -2.36. The average molecular weight is 518 g/mol. The number of halogens is 1. The van der Waals surface area contributed by atoms with Crippen LogP contribution in [-0.2, 0) is 16.0 Å². The molecule has 2 aromatic rings. The first-order valence-electron chi connectivity index (χ1n) is 11.5. The van der Waals surface area contributed by atoms with Gasteiger partial charge in [0.1, 0.15) is 0 Å². The van der Waals surface area contributed by atoms with Crippen molar-refractivity contribution in [1.29, 1.82) is 0 Å². The molecule has 4 rings (SSSR count). The number of hydrogen-bond donors (Lipinski definition) is 2. The van der Waals surface area contributed by atoms with Crippen molar-refractivity contribution in [2.75, 3.05) is 53.4 Å². The molecule has 2 N–H and O–H groups in total. The van der Waals surface area contributed by atoms with Gasteiger partial charge in [0.05, 0.1) is 0 Å². The molecule has 1 atom stereocenters. The zero-order valence-corrected chi connectivity index (χ0v) is 21.6. The van der Waals surface area contributed by atoms with E-state index < -0.39 is 11.9 Å². The third kappa shape index (κ3) is 8.37. The summed E-state index contributed by atoms with van der Waals surface area (Å²) in [7, 11) is 4.30. The van der Waals surface area contributed by atoms with Crippen LogP contribution in [0.5, 0.6) is 0 Å². The highest BCUT2D eigenvalue weighted by Gasteiger charge is 2.30. The summed E-state index contributed by atoms with van der Waals surface area (Å²) in [4.78, 5) is 29.4. The Kier molecular flexibility index (Phi) is 10.2. The number of carboxylic acids is 2. The molecule has 0 amide bonds. The van der Waals surface area contributed by atoms with Crippen LogP contribution in [-0.4, -0.2) is 90.2 Å². The van der Waals surface area contributed by atoms with E-state index in [1.165, 1.54) is 20.9 Å². The number of likely N-dealkylation sites (N-methyl/N-ethyl adjacent to an activating group) is 1. The predicted molar refractivity (Wildman–Crippen MR) is 139 cm³/mol. The highest BCUT2D eigenvalue weighted by molar-refractivity contribution is 7.99. The quantitative estimate of drug-likeness (QED) is 0.557. The number of fused-ring (bicyclic) bond motifs is 2. The summed E-state index contributed by atoms with van der Waals surface area (Å²) in [6.07, 6.45) is 2.18. The first-order chi connectivity index (χ1) is 16.7. The molecule has 0 saturated carbocycles. The molecule has 2 aliphatic rings. The number of rotatable bonds is 6. The normalized spacial score (nSPS) is 18.3. The van der Waals surface area contributed by atoms with Crippen molar-refractivity contribution in [1.82, 2.24) is 14.7 Å². The molecular formula is C26H32ClN3O4S. The van der Waals surface area contributed by atoms with Crippen molar-refractivity contribution in [3.63, 3.8) is 0 Å². The minimum absolute atomic E-state index is 0.408. The average Bonchev–Trinajstić information content (AvgIpc) is 2.99. The van der Waals surface area contributed by atoms with E-state index in [2.05, 4.69) is 65.2 Å². The van der Waals surface area contributed by atoms with E-state index in [0.717, 1.165) is 50.7 Å². The fraction of sp³-hybridized carbons (Fsp3) is 0.385. The number of piperazine rings is 1. The maximum absolute atomic E-state index is 9.55. The number of carboxylic acid groups (broad SMARTS) is 2. The molecule has 0 aliphatic carbocycles. The second kappa shape index (κ2) is 13.1. The molecule has 7 nitrogen and oxygen atoms in total. The van der Waals surface area contributed by atoms with Gasteiger partial charge in [-0.25, -0.2) is 9.59 Å². The second-order valence-electron chi connectivity index (χ2n) is 8.80. The number of hydrogen-bond acceptors (Lipinski definition) is 6. The second-order valence-corrected chi connectivity index (χ2v) is 10.3. The highest BCUT2D eigenvalue weighted by atomic mass is 35.5. The lowest BCUT2D eigenvalue weighted by molar-refractivity contribution is -0.134. The molecule has 0 bridgehead atoms. The smallest absolute Gasteiger partial charge is 0.328 e. The fourth-order valence-corrected chi connectivity index (χ4v) is 5.49. The van der Waals surface area contributed by atoms with E-state index >= 15 is 0 Å². The van der Waals surface area contributed by atoms with Crippen molar-refractivity contribution in [2.24, 2.45) is 0 Å². The van der Waals surface area contributed by atoms with Crippen LogP contribution in [0.4, 0.5) is 0 Å². The molecule has 35 heavy (non-hydrogen) atoms. The standard InChI is InChI=1S/C22H28ClN3S.C4H4O4/c1-24(2)9-10-25-11-13-26(14-12-25)20-15-17-5-3-4-6-21(17)27-22-8-7-18(23)16-19(20)22;5-3(6)1-2-4(7)8/h3-8,16,20H,9-15H2,1-2H3;1-2H,(H,5,6)(H,7,8)/b;2-1-. The van der Waals surface area contributed by atoms with Gasteiger partial charge in [-0.3, -0.25) is 9.80 Å². The molecular weight excluding hydrogens is 486 g/mol. The Morgan fingerprint density at radius 2 is 1.69 bits per heavy atom. The first kappa shape index (κ1) is 27.2. The van der Waals surface area contributed by atoms with Crippen molar-refractivity contribution in [2.45, 2.75) is 22.3 Å². The molecule has 0 spiro atoms. The zero-order chi connectivity index (χ0) is 25.4. The topological polar surface area (TPSA) is 84.3 Å². The summed E-state index contributed by atoms with van der Waals surface area (Å²) in [5.74, 6) is -2.51. The largest absolute Gasteiger partial charge is 0.478 e. The Balaban J connectivity index is 0.000000371. The Labute approximate surface area is 216 Å². The van der Waals surface area contributed by atoms with E-state index in [4.69, 9.17) is 21.8 Å². The molecule has 2 aromatic carbocycles. The van der Waals surface area contributed by atoms with E-state index in [1.54, 1.807) is 0 Å².